The summed E-state index contributed by atoms with van der Waals surface area (Å²) < 4.78 is 5.32. The molecule has 0 N–H and O–H groups in total. The molecule has 0 rings (SSSR count). The van der Waals surface area contributed by atoms with Crippen LogP contribution in [0.2, 0.25) is 0 Å². The quantitative estimate of drug-likeness (QED) is 0.553. The van der Waals surface area contributed by atoms with E-state index in [4.69, 9.17) is 4.74 Å². The van der Waals surface area contributed by atoms with E-state index in [2.05, 4.69) is 4.90 Å². The number of hydrogen-bond donors (Lipinski definition) is 0. The van der Waals surface area contributed by atoms with Crippen LogP contribution in [0.15, 0.2) is 11.8 Å². The van der Waals surface area contributed by atoms with Crippen molar-refractivity contribution < 1.29 is 4.74 Å². The van der Waals surface area contributed by atoms with Crippen LogP contribution in [-0.2, 0) is 4.74 Å². The molecule has 0 aromatic carbocycles. The van der Waals surface area contributed by atoms with E-state index in [1.807, 2.05) is 34.0 Å². The van der Waals surface area contributed by atoms with E-state index in [1.165, 1.54) is 0 Å². The van der Waals surface area contributed by atoms with Crippen molar-refractivity contribution in [1.29, 1.82) is 0 Å². The largest absolute Gasteiger partial charge is 0.497 e. The highest BCUT2D eigenvalue weighted by Gasteiger charge is 1.89. The van der Waals surface area contributed by atoms with Crippen LogP contribution in [0.25, 0.3) is 0 Å². The monoisotopic (exact) mass is 143 g/mol. The topological polar surface area (TPSA) is 12.5 Å². The van der Waals surface area contributed by atoms with Crippen LogP contribution in [0.4, 0.5) is 0 Å². The molecule has 0 bridgehead atoms. The lowest BCUT2D eigenvalue weighted by molar-refractivity contribution is 0.184. The molecule has 0 atom stereocenters. The Balaban J connectivity index is 3.20. The van der Waals surface area contributed by atoms with Crippen LogP contribution in [0, 0.1) is 0 Å². The fourth-order valence-electron chi connectivity index (χ4n) is 0.473. The second kappa shape index (κ2) is 5.30. The first kappa shape index (κ1) is 9.50. The molecule has 0 aliphatic rings. The molecule has 0 aromatic rings. The molecule has 0 amide bonds. The van der Waals surface area contributed by atoms with Gasteiger partial charge in [-0.05, 0) is 27.9 Å². The SMILES string of the molecule is CC=C(C)OCCN(C)C. The highest BCUT2D eigenvalue weighted by Crippen LogP contribution is 1.93. The molecule has 0 saturated heterocycles. The van der Waals surface area contributed by atoms with E-state index < -0.39 is 0 Å². The molecule has 60 valence electrons. The smallest absolute Gasteiger partial charge is 0.100 e. The summed E-state index contributed by atoms with van der Waals surface area (Å²) in [6.07, 6.45) is 1.97. The molecule has 0 aliphatic heterocycles. The number of allylic oxidation sites excluding steroid dienone is 2. The summed E-state index contributed by atoms with van der Waals surface area (Å²) in [4.78, 5) is 2.10. The van der Waals surface area contributed by atoms with Gasteiger partial charge >= 0.3 is 0 Å². The summed E-state index contributed by atoms with van der Waals surface area (Å²) >= 11 is 0. The molecule has 0 saturated carbocycles. The average molecular weight is 143 g/mol. The maximum Gasteiger partial charge on any atom is 0.100 e. The lowest BCUT2D eigenvalue weighted by Crippen LogP contribution is -2.17. The average Bonchev–Trinajstić information content (AvgIpc) is 1.87. The third kappa shape index (κ3) is 5.63. The zero-order chi connectivity index (χ0) is 7.98. The van der Waals surface area contributed by atoms with Gasteiger partial charge in [-0.3, -0.25) is 0 Å². The maximum absolute atomic E-state index is 5.32. The van der Waals surface area contributed by atoms with Gasteiger partial charge in [0, 0.05) is 6.54 Å². The first-order valence-electron chi connectivity index (χ1n) is 3.57. The summed E-state index contributed by atoms with van der Waals surface area (Å²) in [5.74, 6) is 1.00. The Labute approximate surface area is 63.5 Å². The lowest BCUT2D eigenvalue weighted by Gasteiger charge is -2.10. The normalized spacial score (nSPS) is 12.3. The zero-order valence-corrected chi connectivity index (χ0v) is 7.35. The van der Waals surface area contributed by atoms with Crippen LogP contribution in [0.5, 0.6) is 0 Å². The number of hydrogen-bond acceptors (Lipinski definition) is 2. The second-order valence-electron chi connectivity index (χ2n) is 2.55. The predicted molar refractivity (Wildman–Crippen MR) is 43.9 cm³/mol. The summed E-state index contributed by atoms with van der Waals surface area (Å²) in [6.45, 7) is 5.70. The van der Waals surface area contributed by atoms with Crippen molar-refractivity contribution in [2.75, 3.05) is 27.2 Å². The van der Waals surface area contributed by atoms with E-state index >= 15 is 0 Å². The van der Waals surface area contributed by atoms with Crippen LogP contribution in [0.3, 0.4) is 0 Å². The molecule has 0 heterocycles. The number of ether oxygens (including phenoxy) is 1. The van der Waals surface area contributed by atoms with Gasteiger partial charge in [-0.1, -0.05) is 6.08 Å². The Kier molecular flexibility index (Phi) is 5.03. The molecule has 0 spiro atoms. The van der Waals surface area contributed by atoms with Crippen molar-refractivity contribution in [3.8, 4) is 0 Å². The summed E-state index contributed by atoms with van der Waals surface area (Å²) in [7, 11) is 4.07. The van der Waals surface area contributed by atoms with E-state index in [0.717, 1.165) is 18.9 Å². The molecule has 0 radical (unpaired) electrons. The van der Waals surface area contributed by atoms with Crippen molar-refractivity contribution in [2.45, 2.75) is 13.8 Å². The lowest BCUT2D eigenvalue weighted by atomic mass is 10.5. The van der Waals surface area contributed by atoms with Crippen molar-refractivity contribution >= 4 is 0 Å². The van der Waals surface area contributed by atoms with Gasteiger partial charge in [0.15, 0.2) is 0 Å². The van der Waals surface area contributed by atoms with Gasteiger partial charge < -0.3 is 9.64 Å². The Hall–Kier alpha value is -0.500. The molecule has 0 fully saturated rings. The van der Waals surface area contributed by atoms with Crippen LogP contribution >= 0.6 is 0 Å². The van der Waals surface area contributed by atoms with Gasteiger partial charge in [0.2, 0.25) is 0 Å². The minimum atomic E-state index is 0.781. The molecule has 0 unspecified atom stereocenters. The third-order valence-electron chi connectivity index (χ3n) is 1.27. The highest BCUT2D eigenvalue weighted by molar-refractivity contribution is 4.83. The zero-order valence-electron chi connectivity index (χ0n) is 7.35. The molecule has 10 heavy (non-hydrogen) atoms. The summed E-state index contributed by atoms with van der Waals surface area (Å²) in [6, 6.07) is 0. The standard InChI is InChI=1S/C8H17NO/c1-5-8(2)10-7-6-9(3)4/h5H,6-7H2,1-4H3. The van der Waals surface area contributed by atoms with Crippen LogP contribution in [0.1, 0.15) is 13.8 Å². The first-order chi connectivity index (χ1) is 4.66. The van der Waals surface area contributed by atoms with Gasteiger partial charge in [-0.15, -0.1) is 0 Å². The molecule has 0 aliphatic carbocycles. The van der Waals surface area contributed by atoms with Crippen LogP contribution in [-0.4, -0.2) is 32.1 Å². The third-order valence-corrected chi connectivity index (χ3v) is 1.27. The van der Waals surface area contributed by atoms with Crippen LogP contribution < -0.4 is 0 Å². The van der Waals surface area contributed by atoms with Gasteiger partial charge in [0.25, 0.3) is 0 Å². The molecule has 2 nitrogen and oxygen atoms in total. The Bertz CT molecular complexity index is 108. The maximum atomic E-state index is 5.32. The molecular weight excluding hydrogens is 126 g/mol. The number of nitrogens with zero attached hydrogens (tertiary/aromatic N) is 1. The fraction of sp³-hybridized carbons (Fsp3) is 0.750. The Morgan fingerprint density at radius 3 is 2.50 bits per heavy atom. The van der Waals surface area contributed by atoms with E-state index in [0.29, 0.717) is 0 Å². The Morgan fingerprint density at radius 2 is 2.10 bits per heavy atom. The van der Waals surface area contributed by atoms with E-state index in [9.17, 15) is 0 Å². The molecule has 0 aromatic heterocycles. The first-order valence-corrected chi connectivity index (χ1v) is 3.57. The minimum absolute atomic E-state index is 0.781. The van der Waals surface area contributed by atoms with Crippen molar-refractivity contribution in [1.82, 2.24) is 4.90 Å². The summed E-state index contributed by atoms with van der Waals surface area (Å²) in [5, 5.41) is 0. The molecular formula is C8H17NO. The van der Waals surface area contributed by atoms with E-state index in [-0.39, 0.29) is 0 Å². The van der Waals surface area contributed by atoms with E-state index in [1.54, 1.807) is 0 Å². The van der Waals surface area contributed by atoms with Gasteiger partial charge in [0.05, 0.1) is 5.76 Å². The van der Waals surface area contributed by atoms with Gasteiger partial charge in [-0.25, -0.2) is 0 Å². The fourth-order valence-corrected chi connectivity index (χ4v) is 0.473. The van der Waals surface area contributed by atoms with Crippen molar-refractivity contribution in [3.05, 3.63) is 11.8 Å². The van der Waals surface area contributed by atoms with Crippen molar-refractivity contribution in [2.24, 2.45) is 0 Å². The molecule has 2 heteroatoms. The highest BCUT2D eigenvalue weighted by atomic mass is 16.5. The second-order valence-corrected chi connectivity index (χ2v) is 2.55. The van der Waals surface area contributed by atoms with Crippen molar-refractivity contribution in [3.63, 3.8) is 0 Å². The Morgan fingerprint density at radius 1 is 1.50 bits per heavy atom. The number of rotatable bonds is 4. The van der Waals surface area contributed by atoms with Gasteiger partial charge in [-0.2, -0.15) is 0 Å². The summed E-state index contributed by atoms with van der Waals surface area (Å²) in [5.41, 5.74) is 0. The minimum Gasteiger partial charge on any atom is -0.497 e. The number of likely N-dealkylation sites (N-methyl/N-ethyl adjacent to an activating group) is 1. The predicted octanol–water partition coefficient (Wildman–Crippen LogP) is 1.49. The van der Waals surface area contributed by atoms with Gasteiger partial charge in [0.1, 0.15) is 6.61 Å².